The summed E-state index contributed by atoms with van der Waals surface area (Å²) < 4.78 is 0. The van der Waals surface area contributed by atoms with Crippen molar-refractivity contribution < 1.29 is 9.59 Å². The molecule has 0 fully saturated rings. The third kappa shape index (κ3) is 5.57. The lowest BCUT2D eigenvalue weighted by molar-refractivity contribution is -0.120. The Morgan fingerprint density at radius 2 is 1.73 bits per heavy atom. The largest absolute Gasteiger partial charge is 0.350 e. The van der Waals surface area contributed by atoms with Gasteiger partial charge in [0.25, 0.3) is 0 Å². The van der Waals surface area contributed by atoms with E-state index in [9.17, 15) is 9.59 Å². The van der Waals surface area contributed by atoms with Gasteiger partial charge in [0.05, 0.1) is 13.1 Å². The first-order valence-corrected chi connectivity index (χ1v) is 7.83. The smallest absolute Gasteiger partial charge is 0.315 e. The Hall–Kier alpha value is -2.34. The quantitative estimate of drug-likeness (QED) is 0.764. The van der Waals surface area contributed by atoms with E-state index < -0.39 is 0 Å². The van der Waals surface area contributed by atoms with Gasteiger partial charge in [-0.15, -0.1) is 11.3 Å². The number of carbonyl (C=O) groups is 2. The van der Waals surface area contributed by atoms with E-state index in [1.807, 2.05) is 49.4 Å². The number of benzene rings is 1. The van der Waals surface area contributed by atoms with E-state index in [4.69, 9.17) is 0 Å². The van der Waals surface area contributed by atoms with Crippen molar-refractivity contribution >= 4 is 23.3 Å². The van der Waals surface area contributed by atoms with Gasteiger partial charge < -0.3 is 16.0 Å². The molecule has 0 aliphatic carbocycles. The average molecular weight is 317 g/mol. The number of nitrogens with one attached hydrogen (secondary N) is 3. The lowest BCUT2D eigenvalue weighted by atomic mass is 10.2. The van der Waals surface area contributed by atoms with Gasteiger partial charge in [0.15, 0.2) is 0 Å². The maximum Gasteiger partial charge on any atom is 0.315 e. The van der Waals surface area contributed by atoms with E-state index in [-0.39, 0.29) is 18.5 Å². The molecule has 0 bridgehead atoms. The highest BCUT2D eigenvalue weighted by Gasteiger charge is 2.05. The Labute approximate surface area is 133 Å². The van der Waals surface area contributed by atoms with Crippen molar-refractivity contribution in [3.05, 3.63) is 57.8 Å². The number of aryl methyl sites for hydroxylation is 1. The molecule has 6 heteroatoms. The maximum absolute atomic E-state index is 11.6. The minimum absolute atomic E-state index is 0.0395. The maximum atomic E-state index is 11.6. The summed E-state index contributed by atoms with van der Waals surface area (Å²) in [6.45, 7) is 2.90. The molecule has 0 saturated carbocycles. The second-order valence-electron chi connectivity index (χ2n) is 4.81. The van der Waals surface area contributed by atoms with Crippen LogP contribution in [0.15, 0.2) is 42.5 Å². The van der Waals surface area contributed by atoms with Crippen molar-refractivity contribution in [2.75, 3.05) is 6.54 Å². The number of hydrogen-bond acceptors (Lipinski definition) is 3. The zero-order valence-electron chi connectivity index (χ0n) is 12.4. The van der Waals surface area contributed by atoms with Gasteiger partial charge in [-0.05, 0) is 24.6 Å². The highest BCUT2D eigenvalue weighted by molar-refractivity contribution is 7.11. The van der Waals surface area contributed by atoms with E-state index in [2.05, 4.69) is 16.0 Å². The molecule has 1 aromatic carbocycles. The SMILES string of the molecule is Cc1ccc(CNC(=O)NCC(=O)NCc2ccccc2)s1. The molecular weight excluding hydrogens is 298 g/mol. The van der Waals surface area contributed by atoms with Crippen LogP contribution in [0.1, 0.15) is 15.3 Å². The predicted octanol–water partition coefficient (Wildman–Crippen LogP) is 2.17. The molecule has 1 heterocycles. The lowest BCUT2D eigenvalue weighted by Crippen LogP contribution is -2.41. The molecule has 0 aliphatic heterocycles. The average Bonchev–Trinajstić information content (AvgIpc) is 2.95. The summed E-state index contributed by atoms with van der Waals surface area (Å²) in [5.41, 5.74) is 1.02. The first-order chi connectivity index (χ1) is 10.6. The molecule has 22 heavy (non-hydrogen) atoms. The normalized spacial score (nSPS) is 10.0. The predicted molar refractivity (Wildman–Crippen MR) is 87.6 cm³/mol. The van der Waals surface area contributed by atoms with Crippen LogP contribution in [0.2, 0.25) is 0 Å². The number of thiophene rings is 1. The molecule has 0 spiro atoms. The van der Waals surface area contributed by atoms with Crippen molar-refractivity contribution in [2.24, 2.45) is 0 Å². The van der Waals surface area contributed by atoms with Crippen LogP contribution in [0, 0.1) is 6.92 Å². The summed E-state index contributed by atoms with van der Waals surface area (Å²) in [4.78, 5) is 25.5. The molecule has 2 aromatic rings. The van der Waals surface area contributed by atoms with E-state index in [1.165, 1.54) is 4.88 Å². The standard InChI is InChI=1S/C16H19N3O2S/c1-12-7-8-14(22-12)10-18-16(21)19-11-15(20)17-9-13-5-3-2-4-6-13/h2-8H,9-11H2,1H3,(H,17,20)(H2,18,19,21). The van der Waals surface area contributed by atoms with Crippen molar-refractivity contribution in [3.8, 4) is 0 Å². The van der Waals surface area contributed by atoms with Crippen LogP contribution in [-0.4, -0.2) is 18.5 Å². The Kier molecular flexibility index (Phi) is 5.97. The zero-order valence-corrected chi connectivity index (χ0v) is 13.2. The minimum atomic E-state index is -0.346. The Balaban J connectivity index is 1.62. The molecule has 5 nitrogen and oxygen atoms in total. The third-order valence-corrected chi connectivity index (χ3v) is 3.96. The Morgan fingerprint density at radius 3 is 2.41 bits per heavy atom. The molecule has 116 valence electrons. The summed E-state index contributed by atoms with van der Waals surface area (Å²) in [5.74, 6) is -0.217. The monoisotopic (exact) mass is 317 g/mol. The molecule has 1 aromatic heterocycles. The van der Waals surface area contributed by atoms with Crippen LogP contribution in [-0.2, 0) is 17.9 Å². The highest BCUT2D eigenvalue weighted by atomic mass is 32.1. The second kappa shape index (κ2) is 8.19. The molecule has 3 N–H and O–H groups in total. The molecular formula is C16H19N3O2S. The first-order valence-electron chi connectivity index (χ1n) is 7.01. The lowest BCUT2D eigenvalue weighted by Gasteiger charge is -2.08. The van der Waals surface area contributed by atoms with Crippen molar-refractivity contribution in [1.29, 1.82) is 0 Å². The van der Waals surface area contributed by atoms with Gasteiger partial charge >= 0.3 is 6.03 Å². The number of carbonyl (C=O) groups excluding carboxylic acids is 2. The fraction of sp³-hybridized carbons (Fsp3) is 0.250. The van der Waals surface area contributed by atoms with E-state index in [0.29, 0.717) is 13.1 Å². The number of hydrogen-bond donors (Lipinski definition) is 3. The Morgan fingerprint density at radius 1 is 0.955 bits per heavy atom. The fourth-order valence-corrected chi connectivity index (χ4v) is 2.66. The van der Waals surface area contributed by atoms with Crippen LogP contribution >= 0.6 is 11.3 Å². The van der Waals surface area contributed by atoms with Gasteiger partial charge in [-0.3, -0.25) is 4.79 Å². The van der Waals surface area contributed by atoms with Gasteiger partial charge in [-0.2, -0.15) is 0 Å². The Bertz CT molecular complexity index is 625. The first kappa shape index (κ1) is 16.0. The van der Waals surface area contributed by atoms with Crippen LogP contribution in [0.5, 0.6) is 0 Å². The molecule has 3 amide bonds. The molecule has 0 atom stereocenters. The van der Waals surface area contributed by atoms with Gasteiger partial charge in [0.2, 0.25) is 5.91 Å². The van der Waals surface area contributed by atoms with Crippen molar-refractivity contribution in [3.63, 3.8) is 0 Å². The van der Waals surface area contributed by atoms with Gasteiger partial charge in [0, 0.05) is 16.3 Å². The van der Waals surface area contributed by atoms with Gasteiger partial charge in [-0.1, -0.05) is 30.3 Å². The number of urea groups is 1. The van der Waals surface area contributed by atoms with Crippen LogP contribution < -0.4 is 16.0 Å². The zero-order chi connectivity index (χ0) is 15.8. The summed E-state index contributed by atoms with van der Waals surface area (Å²) in [5, 5.41) is 8.01. The summed E-state index contributed by atoms with van der Waals surface area (Å²) in [7, 11) is 0. The minimum Gasteiger partial charge on any atom is -0.350 e. The summed E-state index contributed by atoms with van der Waals surface area (Å²) >= 11 is 1.64. The van der Waals surface area contributed by atoms with Crippen molar-refractivity contribution in [2.45, 2.75) is 20.0 Å². The van der Waals surface area contributed by atoms with Crippen LogP contribution in [0.3, 0.4) is 0 Å². The van der Waals surface area contributed by atoms with Crippen LogP contribution in [0.25, 0.3) is 0 Å². The van der Waals surface area contributed by atoms with E-state index >= 15 is 0 Å². The van der Waals surface area contributed by atoms with E-state index in [0.717, 1.165) is 10.4 Å². The molecule has 0 radical (unpaired) electrons. The fourth-order valence-electron chi connectivity index (χ4n) is 1.83. The van der Waals surface area contributed by atoms with E-state index in [1.54, 1.807) is 11.3 Å². The van der Waals surface area contributed by atoms with Crippen molar-refractivity contribution in [1.82, 2.24) is 16.0 Å². The van der Waals surface area contributed by atoms with Gasteiger partial charge in [0.1, 0.15) is 0 Å². The third-order valence-electron chi connectivity index (χ3n) is 2.96. The molecule has 2 rings (SSSR count). The second-order valence-corrected chi connectivity index (χ2v) is 6.18. The summed E-state index contributed by atoms with van der Waals surface area (Å²) in [6, 6.07) is 13.3. The molecule has 0 saturated heterocycles. The number of rotatable bonds is 6. The molecule has 0 unspecified atom stereocenters. The van der Waals surface area contributed by atoms with Crippen LogP contribution in [0.4, 0.5) is 4.79 Å². The van der Waals surface area contributed by atoms with Gasteiger partial charge in [-0.25, -0.2) is 4.79 Å². The highest BCUT2D eigenvalue weighted by Crippen LogP contribution is 2.14. The summed E-state index contributed by atoms with van der Waals surface area (Å²) in [6.07, 6.45) is 0. The number of amides is 3. The molecule has 0 aliphatic rings. The topological polar surface area (TPSA) is 70.2 Å².